The summed E-state index contributed by atoms with van der Waals surface area (Å²) in [6.07, 6.45) is 0. The molecule has 1 aromatic heterocycles. The molecule has 4 N–H and O–H groups in total. The molecule has 1 amide bonds. The second-order valence-electron chi connectivity index (χ2n) is 3.40. The fourth-order valence-corrected chi connectivity index (χ4v) is 1.19. The first-order chi connectivity index (χ1) is 8.77. The fraction of sp³-hybridized carbons (Fsp3) is 0.455. The van der Waals surface area contributed by atoms with Crippen LogP contribution in [0.3, 0.4) is 0 Å². The molecule has 0 fully saturated rings. The zero-order chi connectivity index (χ0) is 13.2. The first-order valence-electron chi connectivity index (χ1n) is 5.58. The quantitative estimate of drug-likeness (QED) is 0.344. The van der Waals surface area contributed by atoms with Gasteiger partial charge in [0, 0.05) is 13.1 Å². The first kappa shape index (κ1) is 14.5. The summed E-state index contributed by atoms with van der Waals surface area (Å²) in [5.74, 6) is -0.339. The van der Waals surface area contributed by atoms with Gasteiger partial charge in [0.15, 0.2) is 0 Å². The van der Waals surface area contributed by atoms with Crippen molar-refractivity contribution in [2.75, 3.05) is 26.3 Å². The van der Waals surface area contributed by atoms with Crippen LogP contribution >= 0.6 is 0 Å². The van der Waals surface area contributed by atoms with Crippen molar-refractivity contribution in [3.05, 3.63) is 29.6 Å². The molecule has 0 aliphatic carbocycles. The van der Waals surface area contributed by atoms with Crippen molar-refractivity contribution in [2.24, 2.45) is 0 Å². The lowest BCUT2D eigenvalue weighted by molar-refractivity contribution is 0.0180. The van der Waals surface area contributed by atoms with Crippen molar-refractivity contribution in [1.29, 1.82) is 0 Å². The Balaban J connectivity index is 2.48. The predicted octanol–water partition coefficient (Wildman–Crippen LogP) is -1.18. The summed E-state index contributed by atoms with van der Waals surface area (Å²) in [6, 6.07) is 5.01. The molecule has 1 heterocycles. The van der Waals surface area contributed by atoms with Gasteiger partial charge in [0.05, 0.1) is 18.9 Å². The summed E-state index contributed by atoms with van der Waals surface area (Å²) in [5.41, 5.74) is 3.41. The second kappa shape index (κ2) is 8.54. The Hall–Kier alpha value is -1.54. The lowest BCUT2D eigenvalue weighted by Crippen LogP contribution is -2.27. The minimum absolute atomic E-state index is 0.0168. The van der Waals surface area contributed by atoms with Crippen molar-refractivity contribution in [2.45, 2.75) is 6.61 Å². The van der Waals surface area contributed by atoms with Gasteiger partial charge in [-0.05, 0) is 12.1 Å². The van der Waals surface area contributed by atoms with E-state index < -0.39 is 0 Å². The van der Waals surface area contributed by atoms with Crippen LogP contribution in [-0.2, 0) is 11.4 Å². The third kappa shape index (κ3) is 5.19. The van der Waals surface area contributed by atoms with Crippen molar-refractivity contribution < 1.29 is 19.8 Å². The average molecular weight is 255 g/mol. The molecule has 100 valence electrons. The number of carbonyl (C=O) groups is 1. The van der Waals surface area contributed by atoms with E-state index in [4.69, 9.17) is 15.1 Å². The van der Waals surface area contributed by atoms with E-state index in [1.807, 2.05) is 0 Å². The highest BCUT2D eigenvalue weighted by Crippen LogP contribution is 2.00. The SMILES string of the molecule is O=C(NCCO)c1cccc(CONCCO)n1. The van der Waals surface area contributed by atoms with E-state index in [-0.39, 0.29) is 38.0 Å². The standard InChI is InChI=1S/C11H17N3O4/c15-6-4-12-11(17)10-3-1-2-9(14-10)8-18-13-5-7-16/h1-3,13,15-16H,4-8H2,(H,12,17). The van der Waals surface area contributed by atoms with Crippen molar-refractivity contribution in [3.63, 3.8) is 0 Å². The maximum absolute atomic E-state index is 11.6. The van der Waals surface area contributed by atoms with Crippen LogP contribution in [0.5, 0.6) is 0 Å². The van der Waals surface area contributed by atoms with Gasteiger partial charge in [-0.3, -0.25) is 9.63 Å². The maximum Gasteiger partial charge on any atom is 0.269 e. The highest BCUT2D eigenvalue weighted by molar-refractivity contribution is 5.92. The van der Waals surface area contributed by atoms with Gasteiger partial charge in [-0.1, -0.05) is 6.07 Å². The van der Waals surface area contributed by atoms with Crippen LogP contribution in [0.25, 0.3) is 0 Å². The van der Waals surface area contributed by atoms with E-state index in [0.717, 1.165) is 0 Å². The van der Waals surface area contributed by atoms with Crippen LogP contribution < -0.4 is 10.8 Å². The van der Waals surface area contributed by atoms with Crippen LogP contribution in [-0.4, -0.2) is 47.4 Å². The molecular weight excluding hydrogens is 238 g/mol. The molecule has 0 radical (unpaired) electrons. The summed E-state index contributed by atoms with van der Waals surface area (Å²) in [5, 5.41) is 19.6. The molecular formula is C11H17N3O4. The van der Waals surface area contributed by atoms with E-state index >= 15 is 0 Å². The van der Waals surface area contributed by atoms with Gasteiger partial charge in [-0.25, -0.2) is 4.98 Å². The Labute approximate surface area is 105 Å². The zero-order valence-electron chi connectivity index (χ0n) is 9.93. The lowest BCUT2D eigenvalue weighted by Gasteiger charge is -2.06. The van der Waals surface area contributed by atoms with Crippen molar-refractivity contribution >= 4 is 5.91 Å². The molecule has 7 nitrogen and oxygen atoms in total. The molecule has 0 atom stereocenters. The van der Waals surface area contributed by atoms with Crippen LogP contribution in [0.4, 0.5) is 0 Å². The first-order valence-corrected chi connectivity index (χ1v) is 5.58. The number of aliphatic hydroxyl groups excluding tert-OH is 2. The summed E-state index contributed by atoms with van der Waals surface area (Å²) in [4.78, 5) is 20.7. The summed E-state index contributed by atoms with van der Waals surface area (Å²) in [7, 11) is 0. The van der Waals surface area contributed by atoms with Crippen LogP contribution in [0, 0.1) is 0 Å². The fourth-order valence-electron chi connectivity index (χ4n) is 1.19. The van der Waals surface area contributed by atoms with Crippen LogP contribution in [0.15, 0.2) is 18.2 Å². The molecule has 1 aromatic rings. The highest BCUT2D eigenvalue weighted by atomic mass is 16.6. The third-order valence-electron chi connectivity index (χ3n) is 1.97. The molecule has 7 heteroatoms. The summed E-state index contributed by atoms with van der Waals surface area (Å²) in [6.45, 7) is 0.591. The van der Waals surface area contributed by atoms with E-state index in [9.17, 15) is 4.79 Å². The smallest absolute Gasteiger partial charge is 0.269 e. The molecule has 0 aromatic carbocycles. The molecule has 18 heavy (non-hydrogen) atoms. The number of aromatic nitrogens is 1. The molecule has 0 bridgehead atoms. The number of nitrogens with one attached hydrogen (secondary N) is 2. The number of hydroxylamine groups is 1. The molecule has 0 spiro atoms. The van der Waals surface area contributed by atoms with Crippen molar-refractivity contribution in [3.8, 4) is 0 Å². The molecule has 0 aliphatic heterocycles. The van der Waals surface area contributed by atoms with Gasteiger partial charge in [-0.15, -0.1) is 0 Å². The van der Waals surface area contributed by atoms with Gasteiger partial charge >= 0.3 is 0 Å². The number of nitrogens with zero attached hydrogens (tertiary/aromatic N) is 1. The predicted molar refractivity (Wildman–Crippen MR) is 63.5 cm³/mol. The van der Waals surface area contributed by atoms with E-state index in [1.54, 1.807) is 18.2 Å². The normalized spacial score (nSPS) is 10.3. The molecule has 0 aliphatic rings. The molecule has 0 saturated heterocycles. The van der Waals surface area contributed by atoms with Crippen LogP contribution in [0.1, 0.15) is 16.2 Å². The topological polar surface area (TPSA) is 104 Å². The van der Waals surface area contributed by atoms with Gasteiger partial charge in [0.2, 0.25) is 0 Å². The van der Waals surface area contributed by atoms with E-state index in [0.29, 0.717) is 12.2 Å². The molecule has 0 unspecified atom stereocenters. The highest BCUT2D eigenvalue weighted by Gasteiger charge is 2.06. The Morgan fingerprint density at radius 2 is 2.06 bits per heavy atom. The molecule has 0 saturated carbocycles. The summed E-state index contributed by atoms with van der Waals surface area (Å²) >= 11 is 0. The van der Waals surface area contributed by atoms with Crippen molar-refractivity contribution in [1.82, 2.24) is 15.8 Å². The maximum atomic E-state index is 11.6. The minimum Gasteiger partial charge on any atom is -0.395 e. The van der Waals surface area contributed by atoms with E-state index in [2.05, 4.69) is 15.8 Å². The van der Waals surface area contributed by atoms with Gasteiger partial charge in [0.25, 0.3) is 5.91 Å². The van der Waals surface area contributed by atoms with E-state index in [1.165, 1.54) is 0 Å². The number of hydrogen-bond acceptors (Lipinski definition) is 6. The third-order valence-corrected chi connectivity index (χ3v) is 1.97. The monoisotopic (exact) mass is 255 g/mol. The van der Waals surface area contributed by atoms with Gasteiger partial charge < -0.3 is 15.5 Å². The number of aliphatic hydroxyl groups is 2. The van der Waals surface area contributed by atoms with Crippen LogP contribution in [0.2, 0.25) is 0 Å². The van der Waals surface area contributed by atoms with Gasteiger partial charge in [-0.2, -0.15) is 5.48 Å². The number of amides is 1. The molecule has 1 rings (SSSR count). The lowest BCUT2D eigenvalue weighted by atomic mass is 10.3. The number of carbonyl (C=O) groups excluding carboxylic acids is 1. The Morgan fingerprint density at radius 1 is 1.28 bits per heavy atom. The number of pyridine rings is 1. The number of rotatable bonds is 8. The Morgan fingerprint density at radius 3 is 2.78 bits per heavy atom. The zero-order valence-corrected chi connectivity index (χ0v) is 9.93. The minimum atomic E-state index is -0.339. The Kier molecular flexibility index (Phi) is 6.89. The average Bonchev–Trinajstić information content (AvgIpc) is 2.41. The largest absolute Gasteiger partial charge is 0.395 e. The summed E-state index contributed by atoms with van der Waals surface area (Å²) < 4.78 is 0. The Bertz CT molecular complexity index is 373. The van der Waals surface area contributed by atoms with Gasteiger partial charge in [0.1, 0.15) is 12.3 Å². The second-order valence-corrected chi connectivity index (χ2v) is 3.40. The number of hydrogen-bond donors (Lipinski definition) is 4.